The van der Waals surface area contributed by atoms with Gasteiger partial charge < -0.3 is 4.74 Å². The van der Waals surface area contributed by atoms with Crippen LogP contribution in [-0.2, 0) is 6.18 Å². The predicted octanol–water partition coefficient (Wildman–Crippen LogP) is 3.81. The quantitative estimate of drug-likeness (QED) is 0.604. The number of Topliss-reactive ketones (excluding diaryl/α,β-unsaturated/α-hetero) is 1. The first-order chi connectivity index (χ1) is 8.02. The number of carbonyl (C=O) groups is 1. The average molecular weight is 272 g/mol. The number of alkyl halides is 6. The van der Waals surface area contributed by atoms with Crippen LogP contribution in [0.5, 0.6) is 5.75 Å². The summed E-state index contributed by atoms with van der Waals surface area (Å²) < 4.78 is 77.0. The molecule has 18 heavy (non-hydrogen) atoms. The Morgan fingerprint density at radius 3 is 2.06 bits per heavy atom. The van der Waals surface area contributed by atoms with Gasteiger partial charge in [-0.15, -0.1) is 13.2 Å². The summed E-state index contributed by atoms with van der Waals surface area (Å²) in [6, 6.07) is 2.08. The molecule has 8 heteroatoms. The van der Waals surface area contributed by atoms with E-state index in [-0.39, 0.29) is 0 Å². The molecule has 0 aliphatic heterocycles. The molecule has 1 aromatic rings. The average Bonchev–Trinajstić information content (AvgIpc) is 2.13. The molecule has 100 valence electrons. The molecule has 0 amide bonds. The van der Waals surface area contributed by atoms with Crippen LogP contribution < -0.4 is 4.74 Å². The number of ketones is 1. The number of hydrogen-bond donors (Lipinski definition) is 0. The van der Waals surface area contributed by atoms with Crippen LogP contribution in [-0.4, -0.2) is 12.1 Å². The minimum absolute atomic E-state index is 0.410. The van der Waals surface area contributed by atoms with Crippen molar-refractivity contribution in [2.45, 2.75) is 19.5 Å². The van der Waals surface area contributed by atoms with Gasteiger partial charge in [-0.3, -0.25) is 4.79 Å². The maximum Gasteiger partial charge on any atom is 0.573 e. The van der Waals surface area contributed by atoms with Gasteiger partial charge in [0.2, 0.25) is 0 Å². The highest BCUT2D eigenvalue weighted by molar-refractivity contribution is 5.97. The van der Waals surface area contributed by atoms with Crippen LogP contribution in [0.3, 0.4) is 0 Å². The summed E-state index contributed by atoms with van der Waals surface area (Å²) in [6.45, 7) is 0.846. The van der Waals surface area contributed by atoms with Crippen molar-refractivity contribution in [3.05, 3.63) is 29.3 Å². The summed E-state index contributed by atoms with van der Waals surface area (Å²) in [6.07, 6.45) is -10.4. The van der Waals surface area contributed by atoms with Crippen molar-refractivity contribution in [2.75, 3.05) is 0 Å². The minimum Gasteiger partial charge on any atom is -0.404 e. The van der Waals surface area contributed by atoms with Crippen LogP contribution in [0.4, 0.5) is 26.3 Å². The standard InChI is InChI=1S/C10H6F6O2/c1-5(17)6-3-2-4-7(9(11,12)13)8(6)18-10(14,15)16/h2-4H,1H3. The fourth-order valence-corrected chi connectivity index (χ4v) is 1.26. The molecule has 0 aromatic heterocycles. The first kappa shape index (κ1) is 14.3. The molecule has 0 spiro atoms. The summed E-state index contributed by atoms with van der Waals surface area (Å²) in [5.74, 6) is -2.48. The van der Waals surface area contributed by atoms with Gasteiger partial charge >= 0.3 is 12.5 Å². The molecule has 0 saturated carbocycles. The largest absolute Gasteiger partial charge is 0.573 e. The van der Waals surface area contributed by atoms with Gasteiger partial charge in [-0.2, -0.15) is 13.2 Å². The maximum absolute atomic E-state index is 12.5. The normalized spacial score (nSPS) is 12.4. The van der Waals surface area contributed by atoms with Crippen LogP contribution in [0.25, 0.3) is 0 Å². The fraction of sp³-hybridized carbons (Fsp3) is 0.300. The van der Waals surface area contributed by atoms with Gasteiger partial charge in [0, 0.05) is 0 Å². The molecule has 0 unspecified atom stereocenters. The minimum atomic E-state index is -5.31. The van der Waals surface area contributed by atoms with Gasteiger partial charge in [-0.1, -0.05) is 6.07 Å². The molecule has 0 radical (unpaired) electrons. The lowest BCUT2D eigenvalue weighted by molar-refractivity contribution is -0.276. The Morgan fingerprint density at radius 1 is 1.11 bits per heavy atom. The van der Waals surface area contributed by atoms with Crippen molar-refractivity contribution in [1.82, 2.24) is 0 Å². The van der Waals surface area contributed by atoms with E-state index in [1.54, 1.807) is 0 Å². The molecule has 0 aliphatic rings. The highest BCUT2D eigenvalue weighted by atomic mass is 19.4. The van der Waals surface area contributed by atoms with Crippen LogP contribution in [0.2, 0.25) is 0 Å². The molecule has 1 rings (SSSR count). The van der Waals surface area contributed by atoms with Crippen molar-refractivity contribution in [1.29, 1.82) is 0 Å². The molecular formula is C10H6F6O2. The summed E-state index contributed by atoms with van der Waals surface area (Å²) >= 11 is 0. The number of rotatable bonds is 2. The number of para-hydroxylation sites is 1. The van der Waals surface area contributed by atoms with E-state index in [1.165, 1.54) is 0 Å². The summed E-state index contributed by atoms with van der Waals surface area (Å²) in [5, 5.41) is 0. The second-order valence-electron chi connectivity index (χ2n) is 3.28. The SMILES string of the molecule is CC(=O)c1cccc(C(F)(F)F)c1OC(F)(F)F. The van der Waals surface area contributed by atoms with Gasteiger partial charge in [-0.25, -0.2) is 0 Å². The fourth-order valence-electron chi connectivity index (χ4n) is 1.26. The molecule has 1 aromatic carbocycles. The smallest absolute Gasteiger partial charge is 0.404 e. The molecule has 2 nitrogen and oxygen atoms in total. The van der Waals surface area contributed by atoms with E-state index in [2.05, 4.69) is 4.74 Å². The number of carbonyl (C=O) groups excluding carboxylic acids is 1. The van der Waals surface area contributed by atoms with Gasteiger partial charge in [0.1, 0.15) is 0 Å². The Kier molecular flexibility index (Phi) is 3.59. The number of benzene rings is 1. The summed E-state index contributed by atoms with van der Waals surface area (Å²) in [4.78, 5) is 11.0. The Morgan fingerprint density at radius 2 is 1.67 bits per heavy atom. The van der Waals surface area contributed by atoms with Crippen molar-refractivity contribution in [3.8, 4) is 5.75 Å². The third kappa shape index (κ3) is 3.38. The molecule has 0 fully saturated rings. The Balaban J connectivity index is 3.45. The van der Waals surface area contributed by atoms with Crippen molar-refractivity contribution in [3.63, 3.8) is 0 Å². The summed E-state index contributed by atoms with van der Waals surface area (Å²) in [7, 11) is 0. The Labute approximate surface area is 97.2 Å². The molecule has 0 N–H and O–H groups in total. The lowest BCUT2D eigenvalue weighted by Crippen LogP contribution is -2.22. The molecule has 0 atom stereocenters. The third-order valence-corrected chi connectivity index (χ3v) is 1.92. The summed E-state index contributed by atoms with van der Waals surface area (Å²) in [5.41, 5.74) is -2.42. The number of hydrogen-bond acceptors (Lipinski definition) is 2. The molecular weight excluding hydrogens is 266 g/mol. The van der Waals surface area contributed by atoms with Crippen molar-refractivity contribution < 1.29 is 35.9 Å². The second kappa shape index (κ2) is 4.51. The van der Waals surface area contributed by atoms with E-state index in [4.69, 9.17) is 0 Å². The zero-order chi connectivity index (χ0) is 14.1. The van der Waals surface area contributed by atoms with Crippen molar-refractivity contribution >= 4 is 5.78 Å². The molecule has 0 bridgehead atoms. The van der Waals surface area contributed by atoms with Gasteiger partial charge in [0.15, 0.2) is 11.5 Å². The van der Waals surface area contributed by atoms with E-state index < -0.39 is 35.2 Å². The number of halogens is 6. The zero-order valence-electron chi connectivity index (χ0n) is 8.82. The third-order valence-electron chi connectivity index (χ3n) is 1.92. The first-order valence-corrected chi connectivity index (χ1v) is 4.49. The lowest BCUT2D eigenvalue weighted by atomic mass is 10.1. The van der Waals surface area contributed by atoms with Gasteiger partial charge in [-0.05, 0) is 19.1 Å². The van der Waals surface area contributed by atoms with Crippen LogP contribution >= 0.6 is 0 Å². The van der Waals surface area contributed by atoms with Crippen LogP contribution in [0, 0.1) is 0 Å². The molecule has 0 saturated heterocycles. The Hall–Kier alpha value is -1.73. The topological polar surface area (TPSA) is 26.3 Å². The monoisotopic (exact) mass is 272 g/mol. The van der Waals surface area contributed by atoms with Crippen molar-refractivity contribution in [2.24, 2.45) is 0 Å². The maximum atomic E-state index is 12.5. The second-order valence-corrected chi connectivity index (χ2v) is 3.28. The number of ether oxygens (including phenoxy) is 1. The van der Waals surface area contributed by atoms with E-state index in [0.717, 1.165) is 19.1 Å². The van der Waals surface area contributed by atoms with E-state index >= 15 is 0 Å². The van der Waals surface area contributed by atoms with E-state index in [0.29, 0.717) is 6.07 Å². The van der Waals surface area contributed by atoms with Gasteiger partial charge in [0.05, 0.1) is 11.1 Å². The molecule has 0 aliphatic carbocycles. The van der Waals surface area contributed by atoms with E-state index in [1.807, 2.05) is 0 Å². The highest BCUT2D eigenvalue weighted by Crippen LogP contribution is 2.40. The van der Waals surface area contributed by atoms with Crippen LogP contribution in [0.1, 0.15) is 22.8 Å². The van der Waals surface area contributed by atoms with Gasteiger partial charge in [0.25, 0.3) is 0 Å². The lowest BCUT2D eigenvalue weighted by Gasteiger charge is -2.17. The highest BCUT2D eigenvalue weighted by Gasteiger charge is 2.40. The predicted molar refractivity (Wildman–Crippen MR) is 48.1 cm³/mol. The Bertz CT molecular complexity index is 460. The molecule has 0 heterocycles. The zero-order valence-corrected chi connectivity index (χ0v) is 8.82. The first-order valence-electron chi connectivity index (χ1n) is 4.49. The van der Waals surface area contributed by atoms with Crippen LogP contribution in [0.15, 0.2) is 18.2 Å². The van der Waals surface area contributed by atoms with E-state index in [9.17, 15) is 31.1 Å².